The van der Waals surface area contributed by atoms with Crippen LogP contribution in [0.4, 0.5) is 0 Å². The fourth-order valence-electron chi connectivity index (χ4n) is 2.90. The molecule has 10 nitrogen and oxygen atoms in total. The molecule has 1 aromatic heterocycles. The van der Waals surface area contributed by atoms with Gasteiger partial charge in [-0.25, -0.2) is 0 Å². The second-order valence-electron chi connectivity index (χ2n) is 5.89. The number of phosphoric ester groups is 1. The first-order valence-electron chi connectivity index (χ1n) is 8.46. The largest absolute Gasteiger partial charge is 1.00 e. The standard InChI is InChI=1S/C19H20NO9P.2Na/c1-24-14-6-5-11(7-15(14)29-30(21,22)23)13-10-28-20-18(13)12-8-16(25-2)19(27-4)17(9-12)26-3;;/h5-10H,1-4H3,(H2,21,22,23);;/q;2*+1/p-2. The Kier molecular flexibility index (Phi) is 11.1. The molecule has 3 rings (SSSR count). The Morgan fingerprint density at radius 2 is 1.38 bits per heavy atom. The first-order valence-corrected chi connectivity index (χ1v) is 9.92. The van der Waals surface area contributed by atoms with E-state index < -0.39 is 7.82 Å². The van der Waals surface area contributed by atoms with E-state index in [0.29, 0.717) is 39.6 Å². The van der Waals surface area contributed by atoms with Crippen molar-refractivity contribution >= 4 is 7.82 Å². The van der Waals surface area contributed by atoms with Gasteiger partial charge in [0.1, 0.15) is 19.8 Å². The number of nitrogens with zero attached hydrogens (tertiary/aromatic N) is 1. The Hall–Kier alpha value is -1.20. The van der Waals surface area contributed by atoms with Gasteiger partial charge in [-0.2, -0.15) is 0 Å². The summed E-state index contributed by atoms with van der Waals surface area (Å²) in [6.45, 7) is 0. The average Bonchev–Trinajstić information content (AvgIpc) is 3.21. The summed E-state index contributed by atoms with van der Waals surface area (Å²) < 4.78 is 41.9. The molecule has 0 N–H and O–H groups in total. The Labute approximate surface area is 229 Å². The van der Waals surface area contributed by atoms with Crippen LogP contribution in [0.1, 0.15) is 0 Å². The number of aromatic nitrogens is 1. The number of phosphoric acid groups is 1. The number of hydrogen-bond acceptors (Lipinski definition) is 10. The summed E-state index contributed by atoms with van der Waals surface area (Å²) in [6.07, 6.45) is 1.37. The molecule has 2 aromatic carbocycles. The third kappa shape index (κ3) is 6.44. The summed E-state index contributed by atoms with van der Waals surface area (Å²) >= 11 is 0. The zero-order valence-corrected chi connectivity index (χ0v) is 23.4. The maximum atomic E-state index is 11.1. The molecule has 0 spiro atoms. The summed E-state index contributed by atoms with van der Waals surface area (Å²) in [5, 5.41) is 4.04. The van der Waals surface area contributed by atoms with Crippen molar-refractivity contribution in [2.24, 2.45) is 0 Å². The van der Waals surface area contributed by atoms with Crippen molar-refractivity contribution in [1.82, 2.24) is 5.16 Å². The van der Waals surface area contributed by atoms with Crippen LogP contribution in [0.15, 0.2) is 41.1 Å². The van der Waals surface area contributed by atoms with Crippen LogP contribution in [-0.2, 0) is 4.57 Å². The van der Waals surface area contributed by atoms with E-state index in [0.717, 1.165) is 0 Å². The Balaban J connectivity index is 0.00000256. The second kappa shape index (κ2) is 12.3. The predicted molar refractivity (Wildman–Crippen MR) is 102 cm³/mol. The first kappa shape index (κ1) is 28.8. The van der Waals surface area contributed by atoms with Crippen molar-refractivity contribution in [3.8, 4) is 51.1 Å². The van der Waals surface area contributed by atoms with Crippen molar-refractivity contribution in [3.63, 3.8) is 0 Å². The summed E-state index contributed by atoms with van der Waals surface area (Å²) in [5.74, 6) is 1.07. The van der Waals surface area contributed by atoms with E-state index in [9.17, 15) is 14.4 Å². The molecule has 3 aromatic rings. The summed E-state index contributed by atoms with van der Waals surface area (Å²) in [7, 11) is 0.499. The maximum Gasteiger partial charge on any atom is 1.00 e. The summed E-state index contributed by atoms with van der Waals surface area (Å²) in [6, 6.07) is 7.82. The van der Waals surface area contributed by atoms with Crippen molar-refractivity contribution in [2.75, 3.05) is 28.4 Å². The Morgan fingerprint density at radius 1 is 0.812 bits per heavy atom. The number of benzene rings is 2. The van der Waals surface area contributed by atoms with E-state index in [1.165, 1.54) is 46.8 Å². The van der Waals surface area contributed by atoms with Crippen LogP contribution in [0.3, 0.4) is 0 Å². The molecular weight excluding hydrogens is 463 g/mol. The molecular formula is C19H18NNa2O9P. The van der Waals surface area contributed by atoms with E-state index in [2.05, 4.69) is 9.68 Å². The Morgan fingerprint density at radius 3 is 1.88 bits per heavy atom. The van der Waals surface area contributed by atoms with Crippen LogP contribution < -0.4 is 92.4 Å². The van der Waals surface area contributed by atoms with E-state index in [-0.39, 0.29) is 70.6 Å². The van der Waals surface area contributed by atoms with Gasteiger partial charge in [0, 0.05) is 11.1 Å². The number of rotatable bonds is 8. The van der Waals surface area contributed by atoms with Crippen LogP contribution in [0.5, 0.6) is 28.7 Å². The van der Waals surface area contributed by atoms with E-state index >= 15 is 0 Å². The molecule has 160 valence electrons. The molecule has 13 heteroatoms. The van der Waals surface area contributed by atoms with Gasteiger partial charge in [0.05, 0.1) is 28.4 Å². The minimum atomic E-state index is -5.29. The van der Waals surface area contributed by atoms with Gasteiger partial charge >= 0.3 is 59.1 Å². The van der Waals surface area contributed by atoms with Gasteiger partial charge in [0.2, 0.25) is 5.75 Å². The quantitative estimate of drug-likeness (QED) is 0.233. The fraction of sp³-hybridized carbons (Fsp3) is 0.211. The van der Waals surface area contributed by atoms with Crippen LogP contribution in [0, 0.1) is 0 Å². The van der Waals surface area contributed by atoms with Crippen molar-refractivity contribution in [3.05, 3.63) is 36.6 Å². The summed E-state index contributed by atoms with van der Waals surface area (Å²) in [4.78, 5) is 22.2. The topological polar surface area (TPSA) is 135 Å². The summed E-state index contributed by atoms with van der Waals surface area (Å²) in [5.41, 5.74) is 1.98. The molecule has 0 saturated carbocycles. The second-order valence-corrected chi connectivity index (χ2v) is 6.97. The molecule has 0 fully saturated rings. The number of hydrogen-bond donors (Lipinski definition) is 0. The molecule has 0 saturated heterocycles. The maximum absolute atomic E-state index is 11.1. The first-order chi connectivity index (χ1) is 14.3. The molecule has 0 aliphatic heterocycles. The molecule has 0 unspecified atom stereocenters. The number of methoxy groups -OCH3 is 4. The van der Waals surface area contributed by atoms with Gasteiger partial charge < -0.3 is 42.3 Å². The van der Waals surface area contributed by atoms with Gasteiger partial charge in [-0.1, -0.05) is 11.2 Å². The van der Waals surface area contributed by atoms with E-state index in [1.54, 1.807) is 18.2 Å². The fourth-order valence-corrected chi connectivity index (χ4v) is 3.29. The third-order valence-corrected chi connectivity index (χ3v) is 4.61. The molecule has 0 aliphatic carbocycles. The van der Waals surface area contributed by atoms with Crippen LogP contribution >= 0.6 is 7.82 Å². The molecule has 0 amide bonds. The monoisotopic (exact) mass is 481 g/mol. The van der Waals surface area contributed by atoms with Crippen molar-refractivity contribution in [2.45, 2.75) is 0 Å². The molecule has 0 bridgehead atoms. The third-order valence-electron chi connectivity index (χ3n) is 4.19. The molecule has 32 heavy (non-hydrogen) atoms. The predicted octanol–water partition coefficient (Wildman–Crippen LogP) is -3.74. The smallest absolute Gasteiger partial charge is 0.780 e. The van der Waals surface area contributed by atoms with Gasteiger partial charge in [0.15, 0.2) is 23.0 Å². The molecule has 0 aliphatic rings. The van der Waals surface area contributed by atoms with E-state index in [4.69, 9.17) is 23.5 Å². The van der Waals surface area contributed by atoms with E-state index in [1.807, 2.05) is 0 Å². The van der Waals surface area contributed by atoms with Crippen LogP contribution in [-0.4, -0.2) is 33.6 Å². The average molecular weight is 481 g/mol. The zero-order valence-electron chi connectivity index (χ0n) is 18.5. The van der Waals surface area contributed by atoms with Gasteiger partial charge in [0.25, 0.3) is 0 Å². The van der Waals surface area contributed by atoms with Gasteiger partial charge in [-0.3, -0.25) is 0 Å². The molecule has 1 heterocycles. The molecule has 0 atom stereocenters. The molecule has 0 radical (unpaired) electrons. The van der Waals surface area contributed by atoms with Gasteiger partial charge in [-0.15, -0.1) is 0 Å². The SMILES string of the molecule is COc1ccc(-c2conc2-c2cc(OC)c(OC)c(OC)c2)cc1OP(=O)([O-])[O-].[Na+].[Na+]. The zero-order chi connectivity index (χ0) is 21.9. The minimum absolute atomic E-state index is 0. The normalized spacial score (nSPS) is 10.4. The van der Waals surface area contributed by atoms with Gasteiger partial charge in [-0.05, 0) is 29.8 Å². The van der Waals surface area contributed by atoms with Crippen LogP contribution in [0.25, 0.3) is 22.4 Å². The van der Waals surface area contributed by atoms with Crippen molar-refractivity contribution < 1.29 is 101 Å². The van der Waals surface area contributed by atoms with Crippen molar-refractivity contribution in [1.29, 1.82) is 0 Å². The Bertz CT molecular complexity index is 1080. The van der Waals surface area contributed by atoms with Crippen LogP contribution in [0.2, 0.25) is 0 Å². The number of ether oxygens (including phenoxy) is 4. The minimum Gasteiger partial charge on any atom is -0.780 e.